The average Bonchev–Trinajstić information content (AvgIpc) is 2.27. The van der Waals surface area contributed by atoms with Gasteiger partial charge in [-0.3, -0.25) is 4.79 Å². The molecular weight excluding hydrogens is 236 g/mol. The molecule has 102 valence electrons. The van der Waals surface area contributed by atoms with Crippen LogP contribution in [-0.2, 0) is 4.79 Å². The molecule has 0 bridgehead atoms. The smallest absolute Gasteiger partial charge is 0.225 e. The number of carbonyl (C=O) groups is 1. The van der Waals surface area contributed by atoms with E-state index >= 15 is 0 Å². The maximum atomic E-state index is 12.2. The molecule has 17 heavy (non-hydrogen) atoms. The fourth-order valence-electron chi connectivity index (χ4n) is 2.21. The molecule has 1 fully saturated rings. The van der Waals surface area contributed by atoms with E-state index in [0.717, 1.165) is 25.9 Å². The van der Waals surface area contributed by atoms with E-state index < -0.39 is 0 Å². The Balaban J connectivity index is 0.00000256. The van der Waals surface area contributed by atoms with Gasteiger partial charge in [0, 0.05) is 25.0 Å². The summed E-state index contributed by atoms with van der Waals surface area (Å²) in [5.41, 5.74) is 5.93. The number of hydrogen-bond donors (Lipinski definition) is 1. The summed E-state index contributed by atoms with van der Waals surface area (Å²) in [6, 6.07) is 0.199. The van der Waals surface area contributed by atoms with Gasteiger partial charge in [-0.25, -0.2) is 0 Å². The van der Waals surface area contributed by atoms with Gasteiger partial charge in [0.15, 0.2) is 0 Å². The first-order valence-electron chi connectivity index (χ1n) is 6.47. The Morgan fingerprint density at radius 3 is 2.35 bits per heavy atom. The highest BCUT2D eigenvalue weighted by molar-refractivity contribution is 5.85. The molecule has 1 saturated heterocycles. The van der Waals surface area contributed by atoms with Crippen molar-refractivity contribution < 1.29 is 4.79 Å². The predicted octanol–water partition coefficient (Wildman–Crippen LogP) is 2.29. The Labute approximate surface area is 112 Å². The van der Waals surface area contributed by atoms with Gasteiger partial charge in [0.25, 0.3) is 0 Å². The molecule has 0 aromatic rings. The van der Waals surface area contributed by atoms with Crippen LogP contribution in [0.15, 0.2) is 0 Å². The van der Waals surface area contributed by atoms with Crippen molar-refractivity contribution in [2.24, 2.45) is 23.5 Å². The Hall–Kier alpha value is -0.280. The second kappa shape index (κ2) is 7.22. The monoisotopic (exact) mass is 262 g/mol. The third-order valence-electron chi connectivity index (χ3n) is 3.90. The van der Waals surface area contributed by atoms with Gasteiger partial charge >= 0.3 is 0 Å². The van der Waals surface area contributed by atoms with Gasteiger partial charge in [-0.15, -0.1) is 12.4 Å². The highest BCUT2D eigenvalue weighted by Crippen LogP contribution is 2.22. The van der Waals surface area contributed by atoms with E-state index in [0.29, 0.717) is 17.7 Å². The maximum Gasteiger partial charge on any atom is 0.225 e. The van der Waals surface area contributed by atoms with Gasteiger partial charge in [-0.1, -0.05) is 20.8 Å². The minimum atomic E-state index is 0. The molecule has 1 aliphatic rings. The van der Waals surface area contributed by atoms with E-state index in [-0.39, 0.29) is 24.4 Å². The third kappa shape index (κ3) is 4.47. The van der Waals surface area contributed by atoms with Crippen molar-refractivity contribution in [3.05, 3.63) is 0 Å². The van der Waals surface area contributed by atoms with Crippen LogP contribution in [0.1, 0.15) is 40.5 Å². The Bertz CT molecular complexity index is 244. The SMILES string of the molecule is CC(C)C(C)C(=O)N1CCCC(C(C)N)C1.Cl. The summed E-state index contributed by atoms with van der Waals surface area (Å²) in [5.74, 6) is 1.34. The quantitative estimate of drug-likeness (QED) is 0.848. The first kappa shape index (κ1) is 16.7. The standard InChI is InChI=1S/C13H26N2O.ClH/c1-9(2)10(3)13(16)15-7-5-6-12(8-15)11(4)14;/h9-12H,5-8,14H2,1-4H3;1H. The van der Waals surface area contributed by atoms with Gasteiger partial charge in [-0.2, -0.15) is 0 Å². The average molecular weight is 263 g/mol. The van der Waals surface area contributed by atoms with Crippen molar-refractivity contribution >= 4 is 18.3 Å². The van der Waals surface area contributed by atoms with E-state index in [9.17, 15) is 4.79 Å². The predicted molar refractivity (Wildman–Crippen MR) is 74.2 cm³/mol. The van der Waals surface area contributed by atoms with Crippen molar-refractivity contribution in [1.29, 1.82) is 0 Å². The first-order chi connectivity index (χ1) is 7.43. The van der Waals surface area contributed by atoms with Crippen LogP contribution in [0.3, 0.4) is 0 Å². The van der Waals surface area contributed by atoms with Gasteiger partial charge in [0.2, 0.25) is 5.91 Å². The molecular formula is C13H27ClN2O. The normalized spacial score (nSPS) is 24.1. The van der Waals surface area contributed by atoms with Crippen LogP contribution >= 0.6 is 12.4 Å². The molecule has 3 atom stereocenters. The molecule has 0 saturated carbocycles. The van der Waals surface area contributed by atoms with Crippen LogP contribution in [0.5, 0.6) is 0 Å². The third-order valence-corrected chi connectivity index (χ3v) is 3.90. The first-order valence-corrected chi connectivity index (χ1v) is 6.47. The lowest BCUT2D eigenvalue weighted by molar-refractivity contribution is -0.138. The molecule has 1 amide bonds. The number of nitrogens with two attached hydrogens (primary N) is 1. The van der Waals surface area contributed by atoms with Crippen molar-refractivity contribution in [1.82, 2.24) is 4.90 Å². The molecule has 1 rings (SSSR count). The van der Waals surface area contributed by atoms with Crippen molar-refractivity contribution in [2.45, 2.75) is 46.6 Å². The topological polar surface area (TPSA) is 46.3 Å². The van der Waals surface area contributed by atoms with Crippen LogP contribution in [0.4, 0.5) is 0 Å². The minimum Gasteiger partial charge on any atom is -0.342 e. The molecule has 1 heterocycles. The lowest BCUT2D eigenvalue weighted by Crippen LogP contribution is -2.47. The number of hydrogen-bond acceptors (Lipinski definition) is 2. The van der Waals surface area contributed by atoms with Crippen LogP contribution in [0.2, 0.25) is 0 Å². The van der Waals surface area contributed by atoms with Crippen molar-refractivity contribution in [2.75, 3.05) is 13.1 Å². The van der Waals surface area contributed by atoms with E-state index in [4.69, 9.17) is 5.73 Å². The van der Waals surface area contributed by atoms with E-state index in [1.54, 1.807) is 0 Å². The summed E-state index contributed by atoms with van der Waals surface area (Å²) in [4.78, 5) is 14.2. The summed E-state index contributed by atoms with van der Waals surface area (Å²) in [6.07, 6.45) is 2.26. The van der Waals surface area contributed by atoms with Crippen LogP contribution in [-0.4, -0.2) is 29.9 Å². The number of piperidine rings is 1. The largest absolute Gasteiger partial charge is 0.342 e. The highest BCUT2D eigenvalue weighted by atomic mass is 35.5. The van der Waals surface area contributed by atoms with E-state index in [1.807, 2.05) is 18.7 Å². The Morgan fingerprint density at radius 1 is 1.29 bits per heavy atom. The van der Waals surface area contributed by atoms with Crippen LogP contribution < -0.4 is 5.73 Å². The van der Waals surface area contributed by atoms with E-state index in [1.165, 1.54) is 0 Å². The lowest BCUT2D eigenvalue weighted by atomic mass is 9.90. The zero-order chi connectivity index (χ0) is 12.3. The molecule has 3 nitrogen and oxygen atoms in total. The van der Waals surface area contributed by atoms with Gasteiger partial charge in [0.1, 0.15) is 0 Å². The number of carbonyl (C=O) groups excluding carboxylic acids is 1. The summed E-state index contributed by atoms with van der Waals surface area (Å²) in [5, 5.41) is 0. The summed E-state index contributed by atoms with van der Waals surface area (Å²) < 4.78 is 0. The number of halogens is 1. The maximum absolute atomic E-state index is 12.2. The van der Waals surface area contributed by atoms with Gasteiger partial charge in [-0.05, 0) is 31.6 Å². The molecule has 3 unspecified atom stereocenters. The van der Waals surface area contributed by atoms with Crippen molar-refractivity contribution in [3.8, 4) is 0 Å². The second-order valence-corrected chi connectivity index (χ2v) is 5.58. The zero-order valence-corrected chi connectivity index (χ0v) is 12.3. The Morgan fingerprint density at radius 2 is 1.88 bits per heavy atom. The van der Waals surface area contributed by atoms with Gasteiger partial charge < -0.3 is 10.6 Å². The molecule has 0 aliphatic carbocycles. The van der Waals surface area contributed by atoms with E-state index in [2.05, 4.69) is 13.8 Å². The van der Waals surface area contributed by atoms with Crippen LogP contribution in [0.25, 0.3) is 0 Å². The fraction of sp³-hybridized carbons (Fsp3) is 0.923. The molecule has 0 spiro atoms. The Kier molecular flexibility index (Phi) is 7.10. The number of amides is 1. The summed E-state index contributed by atoms with van der Waals surface area (Å²) in [7, 11) is 0. The molecule has 2 N–H and O–H groups in total. The molecule has 0 aromatic heterocycles. The van der Waals surface area contributed by atoms with Crippen LogP contribution in [0, 0.1) is 17.8 Å². The second-order valence-electron chi connectivity index (χ2n) is 5.58. The molecule has 0 radical (unpaired) electrons. The van der Waals surface area contributed by atoms with Crippen molar-refractivity contribution in [3.63, 3.8) is 0 Å². The van der Waals surface area contributed by atoms with Gasteiger partial charge in [0.05, 0.1) is 0 Å². The lowest BCUT2D eigenvalue weighted by Gasteiger charge is -2.36. The summed E-state index contributed by atoms with van der Waals surface area (Å²) in [6.45, 7) is 10.1. The number of rotatable bonds is 3. The minimum absolute atomic E-state index is 0. The molecule has 0 aromatic carbocycles. The molecule has 1 aliphatic heterocycles. The highest BCUT2D eigenvalue weighted by Gasteiger charge is 2.29. The number of likely N-dealkylation sites (tertiary alicyclic amines) is 1. The fourth-order valence-corrected chi connectivity index (χ4v) is 2.21. The molecule has 4 heteroatoms. The zero-order valence-electron chi connectivity index (χ0n) is 11.5. The number of nitrogens with zero attached hydrogens (tertiary/aromatic N) is 1. The summed E-state index contributed by atoms with van der Waals surface area (Å²) >= 11 is 0.